The van der Waals surface area contributed by atoms with Gasteiger partial charge >= 0.3 is 0 Å². The van der Waals surface area contributed by atoms with Crippen molar-refractivity contribution in [1.29, 1.82) is 0 Å². The first-order chi connectivity index (χ1) is 8.58. The van der Waals surface area contributed by atoms with Crippen LogP contribution in [0.4, 0.5) is 0 Å². The zero-order valence-electron chi connectivity index (χ0n) is 11.7. The maximum atomic E-state index is 11.7. The summed E-state index contributed by atoms with van der Waals surface area (Å²) in [5, 5.41) is 2.89. The van der Waals surface area contributed by atoms with Crippen LogP contribution >= 0.6 is 0 Å². The summed E-state index contributed by atoms with van der Waals surface area (Å²) < 4.78 is 5.33. The third kappa shape index (κ3) is 4.06. The molecule has 100 valence electrons. The van der Waals surface area contributed by atoms with Gasteiger partial charge in [0.1, 0.15) is 5.75 Å². The molecule has 0 aliphatic heterocycles. The molecule has 1 aromatic rings. The molecule has 0 atom stereocenters. The maximum Gasteiger partial charge on any atom is 0.224 e. The minimum absolute atomic E-state index is 0.0803. The van der Waals surface area contributed by atoms with Crippen LogP contribution < -0.4 is 10.1 Å². The highest BCUT2D eigenvalue weighted by Gasteiger charge is 2.10. The van der Waals surface area contributed by atoms with Crippen LogP contribution in [0.1, 0.15) is 44.2 Å². The van der Waals surface area contributed by atoms with Crippen molar-refractivity contribution in [2.75, 3.05) is 13.7 Å². The zero-order valence-corrected chi connectivity index (χ0v) is 11.7. The molecule has 3 heteroatoms. The van der Waals surface area contributed by atoms with Gasteiger partial charge in [-0.2, -0.15) is 0 Å². The number of methoxy groups -OCH3 is 1. The number of carbonyl (C=O) groups is 1. The molecule has 0 radical (unpaired) electrons. The van der Waals surface area contributed by atoms with Crippen molar-refractivity contribution in [3.63, 3.8) is 0 Å². The van der Waals surface area contributed by atoms with Crippen LogP contribution in [0.2, 0.25) is 0 Å². The Balaban J connectivity index is 2.78. The third-order valence-corrected chi connectivity index (χ3v) is 2.85. The predicted octanol–water partition coefficient (Wildman–Crippen LogP) is 2.89. The molecular formula is C15H23NO2. The van der Waals surface area contributed by atoms with E-state index in [0.29, 0.717) is 12.3 Å². The van der Waals surface area contributed by atoms with E-state index in [1.807, 2.05) is 19.1 Å². The van der Waals surface area contributed by atoms with Gasteiger partial charge in [0.05, 0.1) is 13.5 Å². The Morgan fingerprint density at radius 2 is 2.11 bits per heavy atom. The van der Waals surface area contributed by atoms with Gasteiger partial charge in [0.15, 0.2) is 0 Å². The van der Waals surface area contributed by atoms with Crippen molar-refractivity contribution in [3.05, 3.63) is 29.3 Å². The molecule has 0 spiro atoms. The predicted molar refractivity (Wildman–Crippen MR) is 74.1 cm³/mol. The van der Waals surface area contributed by atoms with Gasteiger partial charge in [-0.15, -0.1) is 0 Å². The minimum Gasteiger partial charge on any atom is -0.496 e. The number of nitrogens with one attached hydrogen (secondary N) is 1. The molecule has 18 heavy (non-hydrogen) atoms. The lowest BCUT2D eigenvalue weighted by atomic mass is 9.98. The first kappa shape index (κ1) is 14.6. The van der Waals surface area contributed by atoms with Crippen LogP contribution in [-0.2, 0) is 11.2 Å². The van der Waals surface area contributed by atoms with E-state index in [2.05, 4.69) is 25.2 Å². The molecule has 0 saturated heterocycles. The Kier molecular flexibility index (Phi) is 5.69. The summed E-state index contributed by atoms with van der Waals surface area (Å²) in [4.78, 5) is 11.7. The highest BCUT2D eigenvalue weighted by Crippen LogP contribution is 2.27. The summed E-state index contributed by atoms with van der Waals surface area (Å²) in [6.07, 6.45) is 1.40. The quantitative estimate of drug-likeness (QED) is 0.842. The first-order valence-electron chi connectivity index (χ1n) is 6.52. The average molecular weight is 249 g/mol. The summed E-state index contributed by atoms with van der Waals surface area (Å²) in [7, 11) is 1.68. The summed E-state index contributed by atoms with van der Waals surface area (Å²) in [6.45, 7) is 7.04. The number of hydrogen-bond acceptors (Lipinski definition) is 2. The summed E-state index contributed by atoms with van der Waals surface area (Å²) >= 11 is 0. The van der Waals surface area contributed by atoms with Gasteiger partial charge < -0.3 is 10.1 Å². The average Bonchev–Trinajstić information content (AvgIpc) is 2.36. The molecule has 0 heterocycles. The van der Waals surface area contributed by atoms with Crippen molar-refractivity contribution in [2.24, 2.45) is 0 Å². The van der Waals surface area contributed by atoms with E-state index in [1.165, 1.54) is 0 Å². The Labute approximate surface area is 110 Å². The smallest absolute Gasteiger partial charge is 0.224 e. The van der Waals surface area contributed by atoms with Crippen LogP contribution in [0.25, 0.3) is 0 Å². The Bertz CT molecular complexity index is 399. The Morgan fingerprint density at radius 3 is 2.67 bits per heavy atom. The molecule has 0 saturated carbocycles. The topological polar surface area (TPSA) is 38.3 Å². The van der Waals surface area contributed by atoms with E-state index in [-0.39, 0.29) is 5.91 Å². The Hall–Kier alpha value is -1.51. The van der Waals surface area contributed by atoms with Gasteiger partial charge in [-0.25, -0.2) is 0 Å². The van der Waals surface area contributed by atoms with Gasteiger partial charge in [-0.05, 0) is 29.5 Å². The van der Waals surface area contributed by atoms with E-state index in [9.17, 15) is 4.79 Å². The van der Waals surface area contributed by atoms with Gasteiger partial charge in [0.25, 0.3) is 0 Å². The first-order valence-corrected chi connectivity index (χ1v) is 6.52. The Morgan fingerprint density at radius 1 is 1.39 bits per heavy atom. The molecule has 0 fully saturated rings. The lowest BCUT2D eigenvalue weighted by molar-refractivity contribution is -0.120. The molecule has 1 amide bonds. The van der Waals surface area contributed by atoms with E-state index < -0.39 is 0 Å². The molecule has 0 bridgehead atoms. The fraction of sp³-hybridized carbons (Fsp3) is 0.533. The van der Waals surface area contributed by atoms with Gasteiger partial charge in [-0.1, -0.05) is 32.9 Å². The van der Waals surface area contributed by atoms with Crippen LogP contribution in [0.5, 0.6) is 5.75 Å². The lowest BCUT2D eigenvalue weighted by Gasteiger charge is -2.13. The zero-order chi connectivity index (χ0) is 13.5. The number of amides is 1. The van der Waals surface area contributed by atoms with Gasteiger partial charge in [0, 0.05) is 6.54 Å². The molecule has 1 rings (SSSR count). The molecule has 1 aromatic carbocycles. The molecule has 0 aromatic heterocycles. The van der Waals surface area contributed by atoms with Gasteiger partial charge in [0.2, 0.25) is 5.91 Å². The molecular weight excluding hydrogens is 226 g/mol. The second kappa shape index (κ2) is 7.04. The number of ether oxygens (including phenoxy) is 1. The maximum absolute atomic E-state index is 11.7. The fourth-order valence-corrected chi connectivity index (χ4v) is 1.86. The lowest BCUT2D eigenvalue weighted by Crippen LogP contribution is -2.25. The van der Waals surface area contributed by atoms with Crippen LogP contribution in [-0.4, -0.2) is 19.6 Å². The number of benzene rings is 1. The number of carbonyl (C=O) groups excluding carboxylic acids is 1. The van der Waals surface area contributed by atoms with Crippen LogP contribution in [0.3, 0.4) is 0 Å². The third-order valence-electron chi connectivity index (χ3n) is 2.85. The fourth-order valence-electron chi connectivity index (χ4n) is 1.86. The molecule has 3 nitrogen and oxygen atoms in total. The van der Waals surface area contributed by atoms with Crippen molar-refractivity contribution in [3.8, 4) is 5.75 Å². The normalized spacial score (nSPS) is 10.5. The molecule has 0 unspecified atom stereocenters. The summed E-state index contributed by atoms with van der Waals surface area (Å²) in [5.74, 6) is 1.36. The highest BCUT2D eigenvalue weighted by atomic mass is 16.5. The summed E-state index contributed by atoms with van der Waals surface area (Å²) in [6, 6.07) is 5.96. The van der Waals surface area contributed by atoms with E-state index >= 15 is 0 Å². The largest absolute Gasteiger partial charge is 0.496 e. The van der Waals surface area contributed by atoms with Gasteiger partial charge in [-0.3, -0.25) is 4.79 Å². The standard InChI is InChI=1S/C15H23NO2/c1-5-8-16-15(17)10-12-6-7-14(18-4)13(9-12)11(2)3/h6-7,9,11H,5,8,10H2,1-4H3,(H,16,17). The molecule has 1 N–H and O–H groups in total. The van der Waals surface area contributed by atoms with Crippen LogP contribution in [0.15, 0.2) is 18.2 Å². The van der Waals surface area contributed by atoms with E-state index in [0.717, 1.165) is 29.8 Å². The van der Waals surface area contributed by atoms with Crippen molar-refractivity contribution >= 4 is 5.91 Å². The number of rotatable bonds is 6. The van der Waals surface area contributed by atoms with E-state index in [4.69, 9.17) is 4.74 Å². The van der Waals surface area contributed by atoms with Crippen molar-refractivity contribution in [1.82, 2.24) is 5.32 Å². The van der Waals surface area contributed by atoms with Crippen LogP contribution in [0, 0.1) is 0 Å². The van der Waals surface area contributed by atoms with Crippen molar-refractivity contribution in [2.45, 2.75) is 39.5 Å². The SMILES string of the molecule is CCCNC(=O)Cc1ccc(OC)c(C(C)C)c1. The summed E-state index contributed by atoms with van der Waals surface area (Å²) in [5.41, 5.74) is 2.19. The minimum atomic E-state index is 0.0803. The second-order valence-electron chi connectivity index (χ2n) is 4.76. The molecule has 0 aliphatic rings. The highest BCUT2D eigenvalue weighted by molar-refractivity contribution is 5.78. The number of hydrogen-bond donors (Lipinski definition) is 1. The second-order valence-corrected chi connectivity index (χ2v) is 4.76. The van der Waals surface area contributed by atoms with E-state index in [1.54, 1.807) is 7.11 Å². The molecule has 0 aliphatic carbocycles. The monoisotopic (exact) mass is 249 g/mol. The van der Waals surface area contributed by atoms with Crippen molar-refractivity contribution < 1.29 is 9.53 Å².